The van der Waals surface area contributed by atoms with Crippen LogP contribution in [0.25, 0.3) is 0 Å². The van der Waals surface area contributed by atoms with Crippen LogP contribution in [0, 0.1) is 5.92 Å². The highest BCUT2D eigenvalue weighted by Crippen LogP contribution is 2.39. The standard InChI is InChI=1S/C16H26N4O/c1-3-17-14-10-15(19-16(18-14)13-4-5-13)20(2)11-12-6-8-21-9-7-12/h10,12-13H,3-9,11H2,1-2H3,(H,17,18,19). The number of nitrogens with zero attached hydrogens (tertiary/aromatic N) is 3. The number of hydrogen-bond acceptors (Lipinski definition) is 5. The zero-order valence-electron chi connectivity index (χ0n) is 13.1. The van der Waals surface area contributed by atoms with E-state index >= 15 is 0 Å². The second-order valence-corrected chi connectivity index (χ2v) is 6.21. The largest absolute Gasteiger partial charge is 0.381 e. The van der Waals surface area contributed by atoms with Gasteiger partial charge in [-0.1, -0.05) is 0 Å². The second kappa shape index (κ2) is 6.60. The van der Waals surface area contributed by atoms with Crippen molar-refractivity contribution in [2.45, 2.75) is 38.5 Å². The number of ether oxygens (including phenoxy) is 1. The first kappa shape index (κ1) is 14.6. The van der Waals surface area contributed by atoms with Crippen LogP contribution in [0.5, 0.6) is 0 Å². The first-order valence-corrected chi connectivity index (χ1v) is 8.18. The van der Waals surface area contributed by atoms with E-state index in [1.54, 1.807) is 0 Å². The smallest absolute Gasteiger partial charge is 0.136 e. The molecule has 5 nitrogen and oxygen atoms in total. The fraction of sp³-hybridized carbons (Fsp3) is 0.750. The third-order valence-corrected chi connectivity index (χ3v) is 4.29. The summed E-state index contributed by atoms with van der Waals surface area (Å²) in [4.78, 5) is 11.7. The Balaban J connectivity index is 1.72. The van der Waals surface area contributed by atoms with Gasteiger partial charge in [-0.15, -0.1) is 0 Å². The molecule has 0 unspecified atom stereocenters. The van der Waals surface area contributed by atoms with Gasteiger partial charge in [0.15, 0.2) is 0 Å². The van der Waals surface area contributed by atoms with E-state index in [1.165, 1.54) is 12.8 Å². The third-order valence-electron chi connectivity index (χ3n) is 4.29. The molecule has 1 saturated carbocycles. The van der Waals surface area contributed by atoms with E-state index in [-0.39, 0.29) is 0 Å². The number of hydrogen-bond donors (Lipinski definition) is 1. The van der Waals surface area contributed by atoms with E-state index in [9.17, 15) is 0 Å². The Morgan fingerprint density at radius 3 is 2.67 bits per heavy atom. The minimum absolute atomic E-state index is 0.582. The van der Waals surface area contributed by atoms with Crippen LogP contribution in [0.1, 0.15) is 44.3 Å². The van der Waals surface area contributed by atoms with Crippen molar-refractivity contribution in [1.82, 2.24) is 9.97 Å². The van der Waals surface area contributed by atoms with Gasteiger partial charge in [0.2, 0.25) is 0 Å². The topological polar surface area (TPSA) is 50.3 Å². The summed E-state index contributed by atoms with van der Waals surface area (Å²) in [6.07, 6.45) is 4.79. The van der Waals surface area contributed by atoms with Crippen molar-refractivity contribution in [3.05, 3.63) is 11.9 Å². The Morgan fingerprint density at radius 1 is 1.24 bits per heavy atom. The van der Waals surface area contributed by atoms with E-state index in [1.807, 2.05) is 0 Å². The maximum absolute atomic E-state index is 5.44. The number of rotatable bonds is 6. The zero-order chi connectivity index (χ0) is 14.7. The van der Waals surface area contributed by atoms with E-state index in [4.69, 9.17) is 9.72 Å². The molecule has 0 atom stereocenters. The summed E-state index contributed by atoms with van der Waals surface area (Å²) in [5, 5.41) is 3.33. The summed E-state index contributed by atoms with van der Waals surface area (Å²) in [7, 11) is 2.14. The van der Waals surface area contributed by atoms with Crippen molar-refractivity contribution in [2.75, 3.05) is 43.6 Å². The fourth-order valence-corrected chi connectivity index (χ4v) is 2.85. The summed E-state index contributed by atoms with van der Waals surface area (Å²) in [5.74, 6) is 4.32. The van der Waals surface area contributed by atoms with E-state index in [2.05, 4.69) is 35.2 Å². The summed E-state index contributed by atoms with van der Waals surface area (Å²) in [6.45, 7) is 5.85. The lowest BCUT2D eigenvalue weighted by atomic mass is 10.00. The molecule has 1 aromatic rings. The number of aromatic nitrogens is 2. The van der Waals surface area contributed by atoms with Gasteiger partial charge >= 0.3 is 0 Å². The SMILES string of the molecule is CCNc1cc(N(C)CC2CCOCC2)nc(C2CC2)n1. The van der Waals surface area contributed by atoms with Crippen LogP contribution in [-0.4, -0.2) is 43.3 Å². The summed E-state index contributed by atoms with van der Waals surface area (Å²) < 4.78 is 5.44. The summed E-state index contributed by atoms with van der Waals surface area (Å²) in [6, 6.07) is 2.08. The van der Waals surface area contributed by atoms with Gasteiger partial charge in [-0.25, -0.2) is 9.97 Å². The van der Waals surface area contributed by atoms with Gasteiger partial charge < -0.3 is 15.0 Å². The Labute approximate surface area is 127 Å². The molecular weight excluding hydrogens is 264 g/mol. The molecule has 2 aliphatic rings. The van der Waals surface area contributed by atoms with Crippen LogP contribution >= 0.6 is 0 Å². The fourth-order valence-electron chi connectivity index (χ4n) is 2.85. The molecule has 1 aliphatic heterocycles. The van der Waals surface area contributed by atoms with Crippen molar-refractivity contribution in [3.63, 3.8) is 0 Å². The molecule has 2 fully saturated rings. The molecule has 1 N–H and O–H groups in total. The molecule has 0 radical (unpaired) electrons. The predicted molar refractivity (Wildman–Crippen MR) is 85.0 cm³/mol. The Hall–Kier alpha value is -1.36. The Morgan fingerprint density at radius 2 is 2.00 bits per heavy atom. The van der Waals surface area contributed by atoms with Crippen LogP contribution in [0.2, 0.25) is 0 Å². The van der Waals surface area contributed by atoms with Gasteiger partial charge in [0.25, 0.3) is 0 Å². The number of nitrogens with one attached hydrogen (secondary N) is 1. The molecule has 0 aromatic carbocycles. The maximum atomic E-state index is 5.44. The zero-order valence-corrected chi connectivity index (χ0v) is 13.1. The quantitative estimate of drug-likeness (QED) is 0.873. The van der Waals surface area contributed by atoms with Crippen LogP contribution in [0.15, 0.2) is 6.07 Å². The monoisotopic (exact) mass is 290 g/mol. The molecule has 1 saturated heterocycles. The van der Waals surface area contributed by atoms with Crippen LogP contribution in [0.4, 0.5) is 11.6 Å². The molecule has 1 aromatic heterocycles. The van der Waals surface area contributed by atoms with Crippen molar-refractivity contribution < 1.29 is 4.74 Å². The van der Waals surface area contributed by atoms with Gasteiger partial charge in [-0.3, -0.25) is 0 Å². The van der Waals surface area contributed by atoms with Gasteiger partial charge in [0, 0.05) is 45.3 Å². The lowest BCUT2D eigenvalue weighted by molar-refractivity contribution is 0.0685. The highest BCUT2D eigenvalue weighted by atomic mass is 16.5. The first-order valence-electron chi connectivity index (χ1n) is 8.18. The van der Waals surface area contributed by atoms with Gasteiger partial charge in [0.05, 0.1) is 0 Å². The molecule has 1 aliphatic carbocycles. The molecule has 21 heavy (non-hydrogen) atoms. The Bertz CT molecular complexity index is 469. The van der Waals surface area contributed by atoms with Crippen LogP contribution < -0.4 is 10.2 Å². The molecule has 5 heteroatoms. The molecular formula is C16H26N4O. The number of anilines is 2. The molecule has 3 rings (SSSR count). The summed E-state index contributed by atoms with van der Waals surface area (Å²) in [5.41, 5.74) is 0. The lowest BCUT2D eigenvalue weighted by Gasteiger charge is -2.28. The highest BCUT2D eigenvalue weighted by molar-refractivity contribution is 5.49. The van der Waals surface area contributed by atoms with Gasteiger partial charge in [-0.2, -0.15) is 0 Å². The predicted octanol–water partition coefficient (Wildman–Crippen LogP) is 2.65. The van der Waals surface area contributed by atoms with Crippen LogP contribution in [-0.2, 0) is 4.74 Å². The molecule has 0 spiro atoms. The van der Waals surface area contributed by atoms with E-state index in [0.29, 0.717) is 11.8 Å². The van der Waals surface area contributed by atoms with Crippen molar-refractivity contribution in [1.29, 1.82) is 0 Å². The van der Waals surface area contributed by atoms with Gasteiger partial charge in [0.1, 0.15) is 17.5 Å². The molecule has 2 heterocycles. The second-order valence-electron chi connectivity index (χ2n) is 6.21. The first-order chi connectivity index (χ1) is 10.3. The van der Waals surface area contributed by atoms with E-state index < -0.39 is 0 Å². The van der Waals surface area contributed by atoms with E-state index in [0.717, 1.165) is 56.6 Å². The minimum Gasteiger partial charge on any atom is -0.381 e. The minimum atomic E-state index is 0.582. The van der Waals surface area contributed by atoms with Crippen molar-refractivity contribution in [2.24, 2.45) is 5.92 Å². The third kappa shape index (κ3) is 3.84. The summed E-state index contributed by atoms with van der Waals surface area (Å²) >= 11 is 0. The Kier molecular flexibility index (Phi) is 4.58. The molecule has 0 bridgehead atoms. The van der Waals surface area contributed by atoms with Crippen molar-refractivity contribution >= 4 is 11.6 Å². The van der Waals surface area contributed by atoms with Crippen LogP contribution in [0.3, 0.4) is 0 Å². The van der Waals surface area contributed by atoms with Crippen molar-refractivity contribution in [3.8, 4) is 0 Å². The lowest BCUT2D eigenvalue weighted by Crippen LogP contribution is -2.30. The average Bonchev–Trinajstić information content (AvgIpc) is 3.33. The average molecular weight is 290 g/mol. The van der Waals surface area contributed by atoms with Gasteiger partial charge in [-0.05, 0) is 38.5 Å². The highest BCUT2D eigenvalue weighted by Gasteiger charge is 2.28. The normalized spacial score (nSPS) is 19.5. The maximum Gasteiger partial charge on any atom is 0.136 e. The molecule has 0 amide bonds. The molecule has 116 valence electrons.